The molecule has 0 amide bonds. The van der Waals surface area contributed by atoms with Gasteiger partial charge in [-0.3, -0.25) is 0 Å². The van der Waals surface area contributed by atoms with Crippen LogP contribution >= 0.6 is 11.6 Å². The Morgan fingerprint density at radius 1 is 1.12 bits per heavy atom. The highest BCUT2D eigenvalue weighted by Crippen LogP contribution is 2.37. The van der Waals surface area contributed by atoms with Gasteiger partial charge in [-0.15, -0.1) is 0 Å². The number of aryl methyl sites for hydroxylation is 1. The van der Waals surface area contributed by atoms with Gasteiger partial charge in [0.05, 0.1) is 18.2 Å². The Kier molecular flexibility index (Phi) is 7.33. The number of benzene rings is 2. The van der Waals surface area contributed by atoms with Crippen LogP contribution in [0.3, 0.4) is 0 Å². The van der Waals surface area contributed by atoms with Crippen molar-refractivity contribution in [2.75, 3.05) is 13.2 Å². The van der Waals surface area contributed by atoms with Gasteiger partial charge in [-0.1, -0.05) is 41.4 Å². The highest BCUT2D eigenvalue weighted by atomic mass is 35.5. The molecule has 0 heterocycles. The molecule has 2 aromatic rings. The zero-order valence-electron chi connectivity index (χ0n) is 15.9. The fraction of sp³-hybridized carbons (Fsp3) is 0.429. The number of aliphatic hydroxyl groups is 1. The molecule has 2 rings (SSSR count). The molecule has 0 fully saturated rings. The summed E-state index contributed by atoms with van der Waals surface area (Å²) in [6.07, 6.45) is 0. The summed E-state index contributed by atoms with van der Waals surface area (Å²) in [4.78, 5) is 0. The monoisotopic (exact) mass is 377 g/mol. The zero-order chi connectivity index (χ0) is 19.2. The number of ether oxygens (including phenoxy) is 2. The zero-order valence-corrected chi connectivity index (χ0v) is 16.7. The minimum absolute atomic E-state index is 0.0523. The molecule has 26 heavy (non-hydrogen) atoms. The van der Waals surface area contributed by atoms with Gasteiger partial charge in [0.25, 0.3) is 0 Å². The molecule has 0 unspecified atom stereocenters. The second-order valence-electron chi connectivity index (χ2n) is 7.01. The van der Waals surface area contributed by atoms with Crippen LogP contribution in [0.4, 0.5) is 0 Å². The van der Waals surface area contributed by atoms with E-state index in [4.69, 9.17) is 21.1 Å². The van der Waals surface area contributed by atoms with Gasteiger partial charge in [-0.05, 0) is 51.0 Å². The van der Waals surface area contributed by atoms with E-state index in [9.17, 15) is 5.11 Å². The van der Waals surface area contributed by atoms with Crippen LogP contribution in [-0.2, 0) is 13.2 Å². The van der Waals surface area contributed by atoms with Crippen molar-refractivity contribution in [2.24, 2.45) is 0 Å². The molecule has 2 aromatic carbocycles. The molecule has 0 aliphatic carbocycles. The summed E-state index contributed by atoms with van der Waals surface area (Å²) < 4.78 is 11.7. The van der Waals surface area contributed by atoms with E-state index in [1.165, 1.54) is 5.56 Å². The third-order valence-electron chi connectivity index (χ3n) is 4.00. The molecular weight excluding hydrogens is 350 g/mol. The van der Waals surface area contributed by atoms with E-state index in [0.29, 0.717) is 36.3 Å². The maximum atomic E-state index is 9.37. The molecule has 4 nitrogen and oxygen atoms in total. The van der Waals surface area contributed by atoms with Crippen LogP contribution < -0.4 is 14.8 Å². The first-order valence-corrected chi connectivity index (χ1v) is 9.22. The topological polar surface area (TPSA) is 50.7 Å². The van der Waals surface area contributed by atoms with E-state index in [2.05, 4.69) is 24.4 Å². The standard InChI is InChI=1S/C21H28ClNO3/c1-5-25-19-11-17(12-23-21(3,4)14-24)10-18(22)20(19)26-13-16-8-6-7-15(2)9-16/h6-11,23-24H,5,12-14H2,1-4H3. The summed E-state index contributed by atoms with van der Waals surface area (Å²) in [7, 11) is 0. The lowest BCUT2D eigenvalue weighted by molar-refractivity contribution is 0.187. The Balaban J connectivity index is 2.17. The molecule has 0 aromatic heterocycles. The van der Waals surface area contributed by atoms with Gasteiger partial charge in [0.2, 0.25) is 0 Å². The van der Waals surface area contributed by atoms with E-state index in [-0.39, 0.29) is 12.1 Å². The SMILES string of the molecule is CCOc1cc(CNC(C)(C)CO)cc(Cl)c1OCc1cccc(C)c1. The van der Waals surface area contributed by atoms with Crippen LogP contribution in [0.15, 0.2) is 36.4 Å². The predicted molar refractivity (Wildman–Crippen MR) is 106 cm³/mol. The molecule has 0 atom stereocenters. The Bertz CT molecular complexity index is 731. The molecule has 0 radical (unpaired) electrons. The lowest BCUT2D eigenvalue weighted by atomic mass is 10.1. The highest BCUT2D eigenvalue weighted by molar-refractivity contribution is 6.32. The molecule has 142 valence electrons. The third kappa shape index (κ3) is 5.90. The van der Waals surface area contributed by atoms with Crippen LogP contribution in [0.2, 0.25) is 5.02 Å². The molecule has 0 saturated carbocycles. The van der Waals surface area contributed by atoms with Crippen molar-refractivity contribution >= 4 is 11.6 Å². The molecular formula is C21H28ClNO3. The lowest BCUT2D eigenvalue weighted by Crippen LogP contribution is -2.42. The number of rotatable bonds is 9. The summed E-state index contributed by atoms with van der Waals surface area (Å²) in [6.45, 7) is 9.44. The van der Waals surface area contributed by atoms with Crippen molar-refractivity contribution in [3.8, 4) is 11.5 Å². The number of hydrogen-bond donors (Lipinski definition) is 2. The van der Waals surface area contributed by atoms with Gasteiger partial charge < -0.3 is 19.9 Å². The third-order valence-corrected chi connectivity index (χ3v) is 4.28. The van der Waals surface area contributed by atoms with E-state index in [1.54, 1.807) is 0 Å². The van der Waals surface area contributed by atoms with Crippen molar-refractivity contribution < 1.29 is 14.6 Å². The average molecular weight is 378 g/mol. The summed E-state index contributed by atoms with van der Waals surface area (Å²) in [5, 5.41) is 13.2. The second kappa shape index (κ2) is 9.26. The van der Waals surface area contributed by atoms with E-state index < -0.39 is 0 Å². The molecule has 0 bridgehead atoms. The number of hydrogen-bond acceptors (Lipinski definition) is 4. The Morgan fingerprint density at radius 2 is 1.88 bits per heavy atom. The first-order valence-electron chi connectivity index (χ1n) is 8.84. The van der Waals surface area contributed by atoms with Gasteiger partial charge in [-0.25, -0.2) is 0 Å². The van der Waals surface area contributed by atoms with Crippen molar-refractivity contribution in [2.45, 2.75) is 46.4 Å². The Hall–Kier alpha value is -1.75. The number of aliphatic hydroxyl groups excluding tert-OH is 1. The number of nitrogens with one attached hydrogen (secondary N) is 1. The summed E-state index contributed by atoms with van der Waals surface area (Å²) in [6, 6.07) is 12.0. The van der Waals surface area contributed by atoms with Gasteiger partial charge >= 0.3 is 0 Å². The largest absolute Gasteiger partial charge is 0.490 e. The first-order chi connectivity index (χ1) is 12.3. The fourth-order valence-corrected chi connectivity index (χ4v) is 2.77. The minimum atomic E-state index is -0.363. The maximum absolute atomic E-state index is 9.37. The average Bonchev–Trinajstić information content (AvgIpc) is 2.60. The van der Waals surface area contributed by atoms with Crippen LogP contribution in [0.25, 0.3) is 0 Å². The summed E-state index contributed by atoms with van der Waals surface area (Å²) in [5.74, 6) is 1.19. The Morgan fingerprint density at radius 3 is 2.54 bits per heavy atom. The first kappa shape index (κ1) is 20.6. The quantitative estimate of drug-likeness (QED) is 0.676. The van der Waals surface area contributed by atoms with Gasteiger partial charge in [0.1, 0.15) is 6.61 Å². The van der Waals surface area contributed by atoms with Crippen LogP contribution in [0.5, 0.6) is 11.5 Å². The molecule has 0 spiro atoms. The van der Waals surface area contributed by atoms with Crippen LogP contribution in [0.1, 0.15) is 37.5 Å². The summed E-state index contributed by atoms with van der Waals surface area (Å²) >= 11 is 6.47. The lowest BCUT2D eigenvalue weighted by Gasteiger charge is -2.24. The Labute approximate surface area is 161 Å². The van der Waals surface area contributed by atoms with E-state index >= 15 is 0 Å². The second-order valence-corrected chi connectivity index (χ2v) is 7.42. The number of halogens is 1. The molecule has 2 N–H and O–H groups in total. The smallest absolute Gasteiger partial charge is 0.180 e. The maximum Gasteiger partial charge on any atom is 0.180 e. The van der Waals surface area contributed by atoms with Crippen molar-refractivity contribution in [1.29, 1.82) is 0 Å². The fourth-order valence-electron chi connectivity index (χ4n) is 2.48. The summed E-state index contributed by atoms with van der Waals surface area (Å²) in [5.41, 5.74) is 2.88. The van der Waals surface area contributed by atoms with E-state index in [1.807, 2.05) is 45.0 Å². The normalized spacial score (nSPS) is 11.5. The molecule has 0 aliphatic rings. The minimum Gasteiger partial charge on any atom is -0.490 e. The van der Waals surface area contributed by atoms with E-state index in [0.717, 1.165) is 11.1 Å². The van der Waals surface area contributed by atoms with Gasteiger partial charge in [0, 0.05) is 12.1 Å². The van der Waals surface area contributed by atoms with Crippen molar-refractivity contribution in [3.63, 3.8) is 0 Å². The van der Waals surface area contributed by atoms with Crippen LogP contribution in [-0.4, -0.2) is 23.9 Å². The molecule has 5 heteroatoms. The van der Waals surface area contributed by atoms with Crippen molar-refractivity contribution in [3.05, 3.63) is 58.1 Å². The molecule has 0 aliphatic heterocycles. The highest BCUT2D eigenvalue weighted by Gasteiger charge is 2.17. The van der Waals surface area contributed by atoms with Crippen molar-refractivity contribution in [1.82, 2.24) is 5.32 Å². The van der Waals surface area contributed by atoms with Gasteiger partial charge in [-0.2, -0.15) is 0 Å². The van der Waals surface area contributed by atoms with Crippen LogP contribution in [0, 0.1) is 6.92 Å². The predicted octanol–water partition coefficient (Wildman–Crippen LogP) is 4.49. The van der Waals surface area contributed by atoms with Gasteiger partial charge in [0.15, 0.2) is 11.5 Å². The molecule has 0 saturated heterocycles.